The van der Waals surface area contributed by atoms with E-state index in [2.05, 4.69) is 77.6 Å². The highest BCUT2D eigenvalue weighted by molar-refractivity contribution is 6.85. The number of benzene rings is 3. The lowest BCUT2D eigenvalue weighted by atomic mass is 9.38. The first-order valence-electron chi connectivity index (χ1n) is 11.6. The summed E-state index contributed by atoms with van der Waals surface area (Å²) in [5.41, 5.74) is 4.86. The fourth-order valence-corrected chi connectivity index (χ4v) is 3.92. The molecule has 164 valence electrons. The van der Waals surface area contributed by atoms with Gasteiger partial charge in [0.05, 0.1) is 0 Å². The highest BCUT2D eigenvalue weighted by atomic mass is 19.1. The van der Waals surface area contributed by atoms with Gasteiger partial charge in [-0.25, -0.2) is 9.37 Å². The molecular weight excluding hydrogens is 394 g/mol. The third-order valence-corrected chi connectivity index (χ3v) is 5.60. The molecule has 4 rings (SSSR count). The largest absolute Gasteiger partial charge is 0.348 e. The van der Waals surface area contributed by atoms with Crippen LogP contribution in [-0.2, 0) is 12.8 Å². The topological polar surface area (TPSA) is 28.7 Å². The van der Waals surface area contributed by atoms with E-state index in [0.717, 1.165) is 23.4 Å². The summed E-state index contributed by atoms with van der Waals surface area (Å²) in [6, 6.07) is 26.8. The Labute approximate surface area is 192 Å². The standard InChI is InChI=1S/C16H19B.C12H13FN2/c1-2-3-14-17(15-10-6-4-7-11-15)16-12-8-5-9-13-16;1-2-9-5-10(7-11(13)6-9)8-12-14-3-4-15-12/h4-13H,2-3,14H2,1H3;3-7H,2,8H2,1H3,(H,14,15). The summed E-state index contributed by atoms with van der Waals surface area (Å²) in [6.45, 7) is 4.83. The van der Waals surface area contributed by atoms with E-state index in [1.54, 1.807) is 24.5 Å². The zero-order chi connectivity index (χ0) is 22.6. The number of unbranched alkanes of at least 4 members (excludes halogenated alkanes) is 1. The monoisotopic (exact) mass is 426 g/mol. The highest BCUT2D eigenvalue weighted by Gasteiger charge is 2.17. The van der Waals surface area contributed by atoms with Gasteiger partial charge in [-0.15, -0.1) is 0 Å². The van der Waals surface area contributed by atoms with Crippen molar-refractivity contribution in [3.8, 4) is 0 Å². The molecule has 0 aliphatic heterocycles. The first-order valence-corrected chi connectivity index (χ1v) is 11.6. The quantitative estimate of drug-likeness (QED) is 0.355. The maximum absolute atomic E-state index is 13.2. The Hall–Kier alpha value is -3.14. The van der Waals surface area contributed by atoms with Crippen molar-refractivity contribution in [3.05, 3.63) is 114 Å². The van der Waals surface area contributed by atoms with Crippen molar-refractivity contribution in [2.24, 2.45) is 0 Å². The van der Waals surface area contributed by atoms with Gasteiger partial charge in [-0.1, -0.05) is 111 Å². The van der Waals surface area contributed by atoms with E-state index in [1.165, 1.54) is 30.1 Å². The smallest absolute Gasteiger partial charge is 0.209 e. The summed E-state index contributed by atoms with van der Waals surface area (Å²) in [6.07, 6.45) is 8.76. The Morgan fingerprint density at radius 2 is 1.47 bits per heavy atom. The number of H-pyrrole nitrogens is 1. The Morgan fingerprint density at radius 1 is 0.844 bits per heavy atom. The van der Waals surface area contributed by atoms with Gasteiger partial charge in [-0.2, -0.15) is 0 Å². The van der Waals surface area contributed by atoms with Gasteiger partial charge < -0.3 is 4.98 Å². The summed E-state index contributed by atoms with van der Waals surface area (Å²) < 4.78 is 13.2. The molecule has 3 aromatic carbocycles. The molecule has 0 spiro atoms. The molecule has 0 saturated heterocycles. The number of imidazole rings is 1. The van der Waals surface area contributed by atoms with Crippen LogP contribution in [0.15, 0.2) is 91.3 Å². The van der Waals surface area contributed by atoms with Gasteiger partial charge in [0.2, 0.25) is 6.71 Å². The van der Waals surface area contributed by atoms with Crippen LogP contribution in [0.5, 0.6) is 0 Å². The van der Waals surface area contributed by atoms with Crippen molar-refractivity contribution in [3.63, 3.8) is 0 Å². The van der Waals surface area contributed by atoms with E-state index < -0.39 is 0 Å². The zero-order valence-corrected chi connectivity index (χ0v) is 19.1. The third-order valence-electron chi connectivity index (χ3n) is 5.60. The molecular formula is C28H32BFN2. The normalized spacial score (nSPS) is 10.3. The minimum Gasteiger partial charge on any atom is -0.348 e. The second-order valence-corrected chi connectivity index (χ2v) is 8.05. The Balaban J connectivity index is 0.000000182. The molecule has 2 nitrogen and oxygen atoms in total. The van der Waals surface area contributed by atoms with Crippen molar-refractivity contribution in [1.29, 1.82) is 0 Å². The molecule has 1 N–H and O–H groups in total. The summed E-state index contributed by atoms with van der Waals surface area (Å²) in [5, 5.41) is 0. The minimum absolute atomic E-state index is 0.170. The second kappa shape index (κ2) is 12.7. The van der Waals surface area contributed by atoms with Crippen molar-refractivity contribution in [2.75, 3.05) is 0 Å². The van der Waals surface area contributed by atoms with Crippen molar-refractivity contribution < 1.29 is 4.39 Å². The lowest BCUT2D eigenvalue weighted by Gasteiger charge is -2.14. The summed E-state index contributed by atoms with van der Waals surface area (Å²) >= 11 is 0. The SMILES string of the molecule is CCCCB(c1ccccc1)c1ccccc1.CCc1cc(F)cc(Cc2ncc[nH]2)c1. The van der Waals surface area contributed by atoms with Gasteiger partial charge in [0, 0.05) is 18.8 Å². The Bertz CT molecular complexity index is 994. The van der Waals surface area contributed by atoms with E-state index in [9.17, 15) is 4.39 Å². The predicted molar refractivity (Wildman–Crippen MR) is 135 cm³/mol. The number of aryl methyl sites for hydroxylation is 1. The van der Waals surface area contributed by atoms with Gasteiger partial charge in [-0.05, 0) is 29.7 Å². The van der Waals surface area contributed by atoms with E-state index in [1.807, 2.05) is 13.0 Å². The van der Waals surface area contributed by atoms with Gasteiger partial charge in [0.25, 0.3) is 0 Å². The number of aromatic nitrogens is 2. The van der Waals surface area contributed by atoms with Crippen LogP contribution in [0.1, 0.15) is 43.6 Å². The van der Waals surface area contributed by atoms with Crippen LogP contribution in [0.4, 0.5) is 4.39 Å². The van der Waals surface area contributed by atoms with Crippen LogP contribution >= 0.6 is 0 Å². The summed E-state index contributed by atoms with van der Waals surface area (Å²) in [4.78, 5) is 7.13. The molecule has 0 bridgehead atoms. The number of rotatable bonds is 8. The molecule has 0 fully saturated rings. The fraction of sp³-hybridized carbons (Fsp3) is 0.250. The van der Waals surface area contributed by atoms with E-state index in [-0.39, 0.29) is 5.82 Å². The molecule has 0 radical (unpaired) electrons. The van der Waals surface area contributed by atoms with Gasteiger partial charge in [0.15, 0.2) is 0 Å². The molecule has 0 aliphatic carbocycles. The Kier molecular flexibility index (Phi) is 9.30. The molecule has 0 amide bonds. The average molecular weight is 426 g/mol. The molecule has 0 saturated carbocycles. The number of hydrogen-bond donors (Lipinski definition) is 1. The zero-order valence-electron chi connectivity index (χ0n) is 19.1. The summed E-state index contributed by atoms with van der Waals surface area (Å²) in [5.74, 6) is 0.693. The fourth-order valence-electron chi connectivity index (χ4n) is 3.92. The van der Waals surface area contributed by atoms with Gasteiger partial charge in [0.1, 0.15) is 11.6 Å². The third kappa shape index (κ3) is 7.23. The molecule has 0 unspecified atom stereocenters. The number of nitrogens with one attached hydrogen (secondary N) is 1. The minimum atomic E-state index is -0.170. The van der Waals surface area contributed by atoms with Crippen molar-refractivity contribution in [1.82, 2.24) is 9.97 Å². The predicted octanol–water partition coefficient (Wildman–Crippen LogP) is 5.80. The summed E-state index contributed by atoms with van der Waals surface area (Å²) in [7, 11) is 0. The van der Waals surface area contributed by atoms with E-state index in [4.69, 9.17) is 0 Å². The van der Waals surface area contributed by atoms with Crippen LogP contribution in [0, 0.1) is 5.82 Å². The molecule has 0 atom stereocenters. The van der Waals surface area contributed by atoms with E-state index >= 15 is 0 Å². The maximum Gasteiger partial charge on any atom is 0.209 e. The van der Waals surface area contributed by atoms with Crippen LogP contribution in [0.3, 0.4) is 0 Å². The van der Waals surface area contributed by atoms with Crippen LogP contribution in [0.25, 0.3) is 0 Å². The molecule has 4 heteroatoms. The average Bonchev–Trinajstić information content (AvgIpc) is 3.34. The van der Waals surface area contributed by atoms with Crippen LogP contribution in [-0.4, -0.2) is 16.7 Å². The number of nitrogens with zero attached hydrogens (tertiary/aromatic N) is 1. The van der Waals surface area contributed by atoms with Crippen LogP contribution < -0.4 is 10.9 Å². The first kappa shape index (κ1) is 23.5. The number of halogens is 1. The highest BCUT2D eigenvalue weighted by Crippen LogP contribution is 2.12. The molecule has 1 heterocycles. The van der Waals surface area contributed by atoms with Gasteiger partial charge >= 0.3 is 0 Å². The van der Waals surface area contributed by atoms with Crippen molar-refractivity contribution in [2.45, 2.75) is 45.9 Å². The maximum atomic E-state index is 13.2. The molecule has 0 aliphatic rings. The lowest BCUT2D eigenvalue weighted by molar-refractivity contribution is 0.623. The number of aromatic amines is 1. The van der Waals surface area contributed by atoms with Crippen molar-refractivity contribution >= 4 is 17.6 Å². The molecule has 4 aromatic rings. The van der Waals surface area contributed by atoms with E-state index in [0.29, 0.717) is 13.1 Å². The second-order valence-electron chi connectivity index (χ2n) is 8.05. The van der Waals surface area contributed by atoms with Crippen LogP contribution in [0.2, 0.25) is 6.32 Å². The van der Waals surface area contributed by atoms with Gasteiger partial charge in [-0.3, -0.25) is 0 Å². The Morgan fingerprint density at radius 3 is 2.00 bits per heavy atom. The lowest BCUT2D eigenvalue weighted by Crippen LogP contribution is -2.41. The molecule has 1 aromatic heterocycles. The molecule has 32 heavy (non-hydrogen) atoms. The number of hydrogen-bond acceptors (Lipinski definition) is 1. The first-order chi connectivity index (χ1) is 15.7.